The molecule has 16 heavy (non-hydrogen) atoms. The fraction of sp³-hybridized carbons (Fsp3) is 0.538. The Morgan fingerprint density at radius 3 is 2.94 bits per heavy atom. The number of piperazine rings is 1. The highest BCUT2D eigenvalue weighted by Gasteiger charge is 2.18. The molecule has 2 heterocycles. The minimum absolute atomic E-state index is 0.787. The summed E-state index contributed by atoms with van der Waals surface area (Å²) in [6.45, 7) is 6.05. The third-order valence-corrected chi connectivity index (χ3v) is 3.47. The van der Waals surface area contributed by atoms with Crippen molar-refractivity contribution in [2.75, 3.05) is 37.7 Å². The molecule has 0 spiro atoms. The molecule has 0 atom stereocenters. The van der Waals surface area contributed by atoms with Gasteiger partial charge in [-0.15, -0.1) is 0 Å². The van der Waals surface area contributed by atoms with Gasteiger partial charge in [0.2, 0.25) is 0 Å². The molecule has 0 amide bonds. The Morgan fingerprint density at radius 2 is 2.06 bits per heavy atom. The van der Waals surface area contributed by atoms with Gasteiger partial charge in [-0.05, 0) is 18.1 Å². The van der Waals surface area contributed by atoms with E-state index in [1.165, 1.54) is 16.8 Å². The maximum absolute atomic E-state index is 5.59. The van der Waals surface area contributed by atoms with E-state index in [-0.39, 0.29) is 0 Å². The van der Waals surface area contributed by atoms with Crippen molar-refractivity contribution in [1.29, 1.82) is 0 Å². The average Bonchev–Trinajstić information content (AvgIpc) is 2.39. The highest BCUT2D eigenvalue weighted by molar-refractivity contribution is 5.57. The van der Waals surface area contributed by atoms with Gasteiger partial charge in [0.1, 0.15) is 0 Å². The first-order valence-electron chi connectivity index (χ1n) is 6.09. The molecule has 0 unspecified atom stereocenters. The molecular formula is C13H18N2O. The second kappa shape index (κ2) is 4.44. The quantitative estimate of drug-likeness (QED) is 0.766. The van der Waals surface area contributed by atoms with Gasteiger partial charge in [0.05, 0.1) is 13.2 Å². The summed E-state index contributed by atoms with van der Waals surface area (Å²) in [6.07, 6.45) is 1.06. The van der Waals surface area contributed by atoms with Crippen LogP contribution < -0.4 is 10.2 Å². The molecule has 2 aliphatic heterocycles. The van der Waals surface area contributed by atoms with Gasteiger partial charge in [-0.2, -0.15) is 0 Å². The first-order chi connectivity index (χ1) is 7.95. The molecule has 1 saturated heterocycles. The number of benzene rings is 1. The largest absolute Gasteiger partial charge is 0.376 e. The van der Waals surface area contributed by atoms with Gasteiger partial charge < -0.3 is 15.0 Å². The lowest BCUT2D eigenvalue weighted by Gasteiger charge is -2.32. The van der Waals surface area contributed by atoms with Gasteiger partial charge in [0.25, 0.3) is 0 Å². The summed E-state index contributed by atoms with van der Waals surface area (Å²) in [5.41, 5.74) is 4.27. The van der Waals surface area contributed by atoms with Crippen molar-refractivity contribution in [3.05, 3.63) is 29.3 Å². The Bertz CT molecular complexity index is 372. The van der Waals surface area contributed by atoms with Crippen molar-refractivity contribution < 1.29 is 4.74 Å². The second-order valence-corrected chi connectivity index (χ2v) is 4.45. The molecule has 0 radical (unpaired) electrons. The number of ether oxygens (including phenoxy) is 1. The summed E-state index contributed by atoms with van der Waals surface area (Å²) in [6, 6.07) is 6.66. The summed E-state index contributed by atoms with van der Waals surface area (Å²) < 4.78 is 5.59. The zero-order valence-corrected chi connectivity index (χ0v) is 9.54. The van der Waals surface area contributed by atoms with Gasteiger partial charge in [-0.1, -0.05) is 12.1 Å². The summed E-state index contributed by atoms with van der Waals surface area (Å²) in [5.74, 6) is 0. The molecule has 0 bridgehead atoms. The lowest BCUT2D eigenvalue weighted by molar-refractivity contribution is 0.111. The number of fused-ring (bicyclic) bond motifs is 1. The molecule has 1 N–H and O–H groups in total. The third kappa shape index (κ3) is 1.81. The zero-order valence-electron chi connectivity index (χ0n) is 9.54. The average molecular weight is 218 g/mol. The molecule has 0 saturated carbocycles. The van der Waals surface area contributed by atoms with E-state index >= 15 is 0 Å². The topological polar surface area (TPSA) is 24.5 Å². The first-order valence-corrected chi connectivity index (χ1v) is 6.09. The van der Waals surface area contributed by atoms with E-state index in [1.807, 2.05) is 0 Å². The van der Waals surface area contributed by atoms with Crippen molar-refractivity contribution >= 4 is 5.69 Å². The Kier molecular flexibility index (Phi) is 2.80. The highest BCUT2D eigenvalue weighted by atomic mass is 16.5. The minimum atomic E-state index is 0.787. The van der Waals surface area contributed by atoms with Crippen LogP contribution in [0.5, 0.6) is 0 Å². The highest BCUT2D eigenvalue weighted by Crippen LogP contribution is 2.28. The monoisotopic (exact) mass is 218 g/mol. The normalized spacial score (nSPS) is 20.6. The molecule has 2 aliphatic rings. The van der Waals surface area contributed by atoms with Crippen LogP contribution >= 0.6 is 0 Å². The van der Waals surface area contributed by atoms with Crippen LogP contribution in [0.25, 0.3) is 0 Å². The van der Waals surface area contributed by atoms with E-state index in [4.69, 9.17) is 4.74 Å². The number of nitrogens with one attached hydrogen (secondary N) is 1. The standard InChI is InChI=1S/C13H18N2O/c1-2-11-4-9-16-10-12(11)13(3-1)15-7-5-14-6-8-15/h1-3,14H,4-10H2. The van der Waals surface area contributed by atoms with E-state index in [2.05, 4.69) is 28.4 Å². The van der Waals surface area contributed by atoms with Crippen molar-refractivity contribution in [3.63, 3.8) is 0 Å². The van der Waals surface area contributed by atoms with Gasteiger partial charge in [0.15, 0.2) is 0 Å². The van der Waals surface area contributed by atoms with E-state index in [1.54, 1.807) is 0 Å². The first kappa shape index (κ1) is 10.1. The zero-order chi connectivity index (χ0) is 10.8. The van der Waals surface area contributed by atoms with Crippen LogP contribution in [-0.2, 0) is 17.8 Å². The maximum Gasteiger partial charge on any atom is 0.0739 e. The number of rotatable bonds is 1. The smallest absolute Gasteiger partial charge is 0.0739 e. The molecule has 3 rings (SSSR count). The Morgan fingerprint density at radius 1 is 1.19 bits per heavy atom. The fourth-order valence-corrected chi connectivity index (χ4v) is 2.58. The predicted molar refractivity (Wildman–Crippen MR) is 64.9 cm³/mol. The summed E-state index contributed by atoms with van der Waals surface area (Å²) in [7, 11) is 0. The summed E-state index contributed by atoms with van der Waals surface area (Å²) in [4.78, 5) is 2.48. The number of hydrogen-bond acceptors (Lipinski definition) is 3. The molecule has 3 nitrogen and oxygen atoms in total. The number of nitrogens with zero attached hydrogens (tertiary/aromatic N) is 1. The molecule has 1 aromatic carbocycles. The van der Waals surface area contributed by atoms with Crippen LogP contribution in [0, 0.1) is 0 Å². The molecule has 1 fully saturated rings. The molecule has 86 valence electrons. The van der Waals surface area contributed by atoms with Gasteiger partial charge >= 0.3 is 0 Å². The van der Waals surface area contributed by atoms with E-state index in [0.717, 1.165) is 45.8 Å². The second-order valence-electron chi connectivity index (χ2n) is 4.45. The minimum Gasteiger partial charge on any atom is -0.376 e. The molecule has 1 aromatic rings. The Balaban J connectivity index is 1.93. The van der Waals surface area contributed by atoms with Gasteiger partial charge in [0, 0.05) is 37.4 Å². The van der Waals surface area contributed by atoms with Crippen LogP contribution in [0.4, 0.5) is 5.69 Å². The Labute approximate surface area is 96.4 Å². The van der Waals surface area contributed by atoms with Crippen molar-refractivity contribution in [3.8, 4) is 0 Å². The summed E-state index contributed by atoms with van der Waals surface area (Å²) >= 11 is 0. The molecule has 0 aromatic heterocycles. The number of anilines is 1. The molecule has 3 heteroatoms. The maximum atomic E-state index is 5.59. The number of hydrogen-bond donors (Lipinski definition) is 1. The fourth-order valence-electron chi connectivity index (χ4n) is 2.58. The SMILES string of the molecule is c1cc2c(c(N3CCNCC3)c1)COCC2. The molecular weight excluding hydrogens is 200 g/mol. The van der Waals surface area contributed by atoms with Gasteiger partial charge in [-0.3, -0.25) is 0 Å². The van der Waals surface area contributed by atoms with Crippen LogP contribution in [0.2, 0.25) is 0 Å². The van der Waals surface area contributed by atoms with Crippen molar-refractivity contribution in [2.45, 2.75) is 13.0 Å². The van der Waals surface area contributed by atoms with E-state index in [0.29, 0.717) is 0 Å². The lowest BCUT2D eigenvalue weighted by Crippen LogP contribution is -2.44. The third-order valence-electron chi connectivity index (χ3n) is 3.47. The van der Waals surface area contributed by atoms with Crippen LogP contribution in [0.1, 0.15) is 11.1 Å². The van der Waals surface area contributed by atoms with Crippen LogP contribution in [0.15, 0.2) is 18.2 Å². The predicted octanol–water partition coefficient (Wildman–Crippen LogP) is 1.17. The van der Waals surface area contributed by atoms with E-state index < -0.39 is 0 Å². The van der Waals surface area contributed by atoms with Crippen molar-refractivity contribution in [1.82, 2.24) is 5.32 Å². The Hall–Kier alpha value is -1.06. The van der Waals surface area contributed by atoms with Gasteiger partial charge in [-0.25, -0.2) is 0 Å². The summed E-state index contributed by atoms with van der Waals surface area (Å²) in [5, 5.41) is 3.39. The molecule has 0 aliphatic carbocycles. The van der Waals surface area contributed by atoms with Crippen molar-refractivity contribution in [2.24, 2.45) is 0 Å². The van der Waals surface area contributed by atoms with Crippen LogP contribution in [0.3, 0.4) is 0 Å². The van der Waals surface area contributed by atoms with Crippen LogP contribution in [-0.4, -0.2) is 32.8 Å². The lowest BCUT2D eigenvalue weighted by atomic mass is 10.0. The van der Waals surface area contributed by atoms with E-state index in [9.17, 15) is 0 Å².